The van der Waals surface area contributed by atoms with Crippen LogP contribution in [0.25, 0.3) is 0 Å². The van der Waals surface area contributed by atoms with Crippen molar-refractivity contribution >= 4 is 12.0 Å². The number of halogens is 3. The second-order valence-corrected chi connectivity index (χ2v) is 7.79. The zero-order valence-electron chi connectivity index (χ0n) is 16.2. The zero-order chi connectivity index (χ0) is 20.7. The molecule has 0 unspecified atom stereocenters. The fraction of sp³-hybridized carbons (Fsp3) is 0.526. The van der Waals surface area contributed by atoms with Crippen LogP contribution in [0.3, 0.4) is 0 Å². The van der Waals surface area contributed by atoms with Crippen molar-refractivity contribution in [3.8, 4) is 0 Å². The summed E-state index contributed by atoms with van der Waals surface area (Å²) >= 11 is 0. The van der Waals surface area contributed by atoms with Crippen molar-refractivity contribution in [2.45, 2.75) is 37.1 Å². The van der Waals surface area contributed by atoms with E-state index in [1.165, 1.54) is 0 Å². The summed E-state index contributed by atoms with van der Waals surface area (Å²) in [5.74, 6) is -2.89. The number of carbonyl (C=O) groups is 1. The molecule has 2 aromatic rings. The molecule has 0 bridgehead atoms. The Kier molecular flexibility index (Phi) is 5.10. The molecule has 7 nitrogen and oxygen atoms in total. The maximum absolute atomic E-state index is 13.4. The first kappa shape index (κ1) is 19.5. The van der Waals surface area contributed by atoms with Gasteiger partial charge in [0.2, 0.25) is 5.89 Å². The fourth-order valence-corrected chi connectivity index (χ4v) is 3.67. The van der Waals surface area contributed by atoms with Crippen LogP contribution in [0.1, 0.15) is 42.6 Å². The summed E-state index contributed by atoms with van der Waals surface area (Å²) in [5.41, 5.74) is 0.360. The molecule has 4 rings (SSSR count). The minimum absolute atomic E-state index is 0.110. The maximum atomic E-state index is 13.4. The SMILES string of the molecule is CN(C)c1noc(C2CCN(C(=O)N[C@@H]3C[C@H]3c3cc(F)c(F)c(F)c3)CC2)n1. The van der Waals surface area contributed by atoms with Gasteiger partial charge in [0.15, 0.2) is 17.5 Å². The first-order valence-corrected chi connectivity index (χ1v) is 9.54. The highest BCUT2D eigenvalue weighted by molar-refractivity contribution is 5.75. The number of nitrogens with one attached hydrogen (secondary N) is 1. The molecule has 0 radical (unpaired) electrons. The number of nitrogens with zero attached hydrogens (tertiary/aromatic N) is 4. The minimum Gasteiger partial charge on any atom is -0.344 e. The number of hydrogen-bond donors (Lipinski definition) is 1. The fourth-order valence-electron chi connectivity index (χ4n) is 3.67. The predicted octanol–water partition coefficient (Wildman–Crippen LogP) is 3.00. The highest BCUT2D eigenvalue weighted by Crippen LogP contribution is 2.41. The molecule has 1 aromatic heterocycles. The van der Waals surface area contributed by atoms with Crippen molar-refractivity contribution in [3.63, 3.8) is 0 Å². The van der Waals surface area contributed by atoms with Gasteiger partial charge in [-0.25, -0.2) is 18.0 Å². The normalized spacial score (nSPS) is 21.9. The van der Waals surface area contributed by atoms with Gasteiger partial charge in [0.05, 0.1) is 0 Å². The molecule has 2 amide bonds. The Labute approximate surface area is 165 Å². The molecule has 1 saturated heterocycles. The van der Waals surface area contributed by atoms with E-state index in [4.69, 9.17) is 4.52 Å². The molecule has 1 aromatic carbocycles. The molecule has 2 atom stereocenters. The summed E-state index contributed by atoms with van der Waals surface area (Å²) in [6.45, 7) is 1.10. The monoisotopic (exact) mass is 409 g/mol. The van der Waals surface area contributed by atoms with Crippen molar-refractivity contribution < 1.29 is 22.5 Å². The van der Waals surface area contributed by atoms with Gasteiger partial charge in [-0.2, -0.15) is 4.98 Å². The lowest BCUT2D eigenvalue weighted by atomic mass is 9.97. The average Bonchev–Trinajstić information content (AvgIpc) is 3.27. The Morgan fingerprint density at radius 1 is 1.21 bits per heavy atom. The van der Waals surface area contributed by atoms with E-state index >= 15 is 0 Å². The number of aromatic nitrogens is 2. The average molecular weight is 409 g/mol. The Morgan fingerprint density at radius 2 is 1.86 bits per heavy atom. The molecule has 29 heavy (non-hydrogen) atoms. The van der Waals surface area contributed by atoms with Gasteiger partial charge < -0.3 is 19.6 Å². The number of likely N-dealkylation sites (tertiary alicyclic amines) is 1. The molecule has 156 valence electrons. The summed E-state index contributed by atoms with van der Waals surface area (Å²) in [6.07, 6.45) is 2.00. The first-order valence-electron chi connectivity index (χ1n) is 9.54. The summed E-state index contributed by atoms with van der Waals surface area (Å²) in [5, 5.41) is 6.81. The second kappa shape index (κ2) is 7.57. The summed E-state index contributed by atoms with van der Waals surface area (Å²) < 4.78 is 45.2. The molecule has 1 saturated carbocycles. The van der Waals surface area contributed by atoms with Crippen LogP contribution >= 0.6 is 0 Å². The molecule has 0 spiro atoms. The van der Waals surface area contributed by atoms with E-state index in [9.17, 15) is 18.0 Å². The Hall–Kier alpha value is -2.78. The van der Waals surface area contributed by atoms with Crippen LogP contribution in [0.5, 0.6) is 0 Å². The predicted molar refractivity (Wildman–Crippen MR) is 98.2 cm³/mol. The standard InChI is InChI=1S/C19H22F3N5O2/c1-26(2)18-24-17(29-25-18)10-3-5-27(6-4-10)19(28)23-15-9-12(15)11-7-13(20)16(22)14(21)8-11/h7-8,10,12,15H,3-6,9H2,1-2H3,(H,23,28)/t12-,15+/m0/s1. The van der Waals surface area contributed by atoms with E-state index in [-0.39, 0.29) is 23.9 Å². The number of piperidine rings is 1. The Bertz CT molecular complexity index is 888. The van der Waals surface area contributed by atoms with Crippen LogP contribution in [0.15, 0.2) is 16.7 Å². The lowest BCUT2D eigenvalue weighted by Gasteiger charge is -2.30. The van der Waals surface area contributed by atoms with Crippen LogP contribution in [0, 0.1) is 17.5 Å². The highest BCUT2D eigenvalue weighted by atomic mass is 19.2. The van der Waals surface area contributed by atoms with Crippen LogP contribution in [-0.2, 0) is 0 Å². The first-order chi connectivity index (χ1) is 13.8. The van der Waals surface area contributed by atoms with E-state index in [0.29, 0.717) is 49.8 Å². The van der Waals surface area contributed by atoms with Crippen molar-refractivity contribution in [3.05, 3.63) is 41.0 Å². The molecule has 1 aliphatic heterocycles. The van der Waals surface area contributed by atoms with Crippen LogP contribution in [0.2, 0.25) is 0 Å². The molecular formula is C19H22F3N5O2. The van der Waals surface area contributed by atoms with Crippen molar-refractivity contribution in [2.75, 3.05) is 32.1 Å². The van der Waals surface area contributed by atoms with Gasteiger partial charge in [0.1, 0.15) is 0 Å². The number of urea groups is 1. The lowest BCUT2D eigenvalue weighted by molar-refractivity contribution is 0.174. The smallest absolute Gasteiger partial charge is 0.317 e. The number of anilines is 1. The number of rotatable bonds is 4. The van der Waals surface area contributed by atoms with E-state index in [2.05, 4.69) is 15.5 Å². The van der Waals surface area contributed by atoms with E-state index in [0.717, 1.165) is 12.1 Å². The molecule has 2 aliphatic rings. The number of benzene rings is 1. The van der Waals surface area contributed by atoms with Crippen LogP contribution in [-0.4, -0.2) is 54.3 Å². The quantitative estimate of drug-likeness (QED) is 0.786. The van der Waals surface area contributed by atoms with Crippen LogP contribution in [0.4, 0.5) is 23.9 Å². The largest absolute Gasteiger partial charge is 0.344 e. The Morgan fingerprint density at radius 3 is 2.45 bits per heavy atom. The lowest BCUT2D eigenvalue weighted by Crippen LogP contribution is -2.45. The zero-order valence-corrected chi connectivity index (χ0v) is 16.2. The summed E-state index contributed by atoms with van der Waals surface area (Å²) in [6, 6.07) is 1.57. The Balaban J connectivity index is 1.28. The molecular weight excluding hydrogens is 387 g/mol. The molecule has 1 N–H and O–H groups in total. The number of amides is 2. The third-order valence-electron chi connectivity index (χ3n) is 5.50. The van der Waals surface area contributed by atoms with Crippen LogP contribution < -0.4 is 10.2 Å². The summed E-state index contributed by atoms with van der Waals surface area (Å²) in [7, 11) is 3.67. The van der Waals surface area contributed by atoms with Gasteiger partial charge in [-0.1, -0.05) is 0 Å². The highest BCUT2D eigenvalue weighted by Gasteiger charge is 2.41. The number of carbonyl (C=O) groups excluding carboxylic acids is 1. The topological polar surface area (TPSA) is 74.5 Å². The molecule has 10 heteroatoms. The third kappa shape index (κ3) is 4.01. The number of hydrogen-bond acceptors (Lipinski definition) is 5. The minimum atomic E-state index is -1.48. The maximum Gasteiger partial charge on any atom is 0.317 e. The van der Waals surface area contributed by atoms with E-state index in [1.807, 2.05) is 14.1 Å². The van der Waals surface area contributed by atoms with E-state index in [1.54, 1.807) is 9.80 Å². The van der Waals surface area contributed by atoms with Gasteiger partial charge in [-0.05, 0) is 42.1 Å². The van der Waals surface area contributed by atoms with Crippen molar-refractivity contribution in [1.29, 1.82) is 0 Å². The van der Waals surface area contributed by atoms with Gasteiger partial charge >= 0.3 is 6.03 Å². The summed E-state index contributed by atoms with van der Waals surface area (Å²) in [4.78, 5) is 20.3. The molecule has 1 aliphatic carbocycles. The van der Waals surface area contributed by atoms with E-state index < -0.39 is 17.5 Å². The van der Waals surface area contributed by atoms with Gasteiger partial charge in [0, 0.05) is 45.1 Å². The second-order valence-electron chi connectivity index (χ2n) is 7.79. The van der Waals surface area contributed by atoms with Gasteiger partial charge in [-0.15, -0.1) is 0 Å². The van der Waals surface area contributed by atoms with Crippen molar-refractivity contribution in [2.24, 2.45) is 0 Å². The molecule has 2 heterocycles. The third-order valence-corrected chi connectivity index (χ3v) is 5.50. The van der Waals surface area contributed by atoms with Gasteiger partial charge in [-0.3, -0.25) is 0 Å². The van der Waals surface area contributed by atoms with Crippen molar-refractivity contribution in [1.82, 2.24) is 20.4 Å². The molecule has 2 fully saturated rings. The van der Waals surface area contributed by atoms with Gasteiger partial charge in [0.25, 0.3) is 5.95 Å².